The fourth-order valence-electron chi connectivity index (χ4n) is 1.92. The second-order valence-corrected chi connectivity index (χ2v) is 6.17. The van der Waals surface area contributed by atoms with Crippen LogP contribution < -0.4 is 10.1 Å². The molecule has 1 aromatic rings. The molecule has 21 heavy (non-hydrogen) atoms. The lowest BCUT2D eigenvalue weighted by atomic mass is 10.1. The van der Waals surface area contributed by atoms with E-state index in [4.69, 9.17) is 9.84 Å². The smallest absolute Gasteiger partial charge is 0.224 e. The third-order valence-corrected chi connectivity index (χ3v) is 2.87. The number of hydrogen-bond acceptors (Lipinski definition) is 3. The summed E-state index contributed by atoms with van der Waals surface area (Å²) in [5.41, 5.74) is 0.761. The molecule has 0 fully saturated rings. The molecule has 0 spiro atoms. The lowest BCUT2D eigenvalue weighted by Gasteiger charge is -2.21. The Bertz CT molecular complexity index is 421. The lowest BCUT2D eigenvalue weighted by molar-refractivity contribution is -0.120. The molecule has 118 valence electrons. The third-order valence-electron chi connectivity index (χ3n) is 2.87. The normalized spacial score (nSPS) is 11.2. The van der Waals surface area contributed by atoms with Crippen LogP contribution in [0.25, 0.3) is 0 Å². The maximum Gasteiger partial charge on any atom is 0.224 e. The predicted molar refractivity (Wildman–Crippen MR) is 84.5 cm³/mol. The zero-order valence-electron chi connectivity index (χ0n) is 13.3. The van der Waals surface area contributed by atoms with E-state index in [0.717, 1.165) is 30.6 Å². The van der Waals surface area contributed by atoms with Crippen LogP contribution >= 0.6 is 0 Å². The van der Waals surface area contributed by atoms with E-state index in [1.807, 2.05) is 45.0 Å². The van der Waals surface area contributed by atoms with Crippen LogP contribution in [0, 0.1) is 0 Å². The van der Waals surface area contributed by atoms with Gasteiger partial charge in [0.1, 0.15) is 11.4 Å². The van der Waals surface area contributed by atoms with E-state index in [1.54, 1.807) is 0 Å². The van der Waals surface area contributed by atoms with Gasteiger partial charge in [0.05, 0.1) is 6.42 Å². The van der Waals surface area contributed by atoms with E-state index in [0.29, 0.717) is 13.0 Å². The summed E-state index contributed by atoms with van der Waals surface area (Å²) in [6, 6.07) is 7.64. The van der Waals surface area contributed by atoms with Gasteiger partial charge in [0.15, 0.2) is 0 Å². The second-order valence-electron chi connectivity index (χ2n) is 6.17. The number of nitrogens with one attached hydrogen (secondary N) is 1. The molecule has 1 aromatic carbocycles. The Morgan fingerprint density at radius 2 is 1.81 bits per heavy atom. The van der Waals surface area contributed by atoms with Crippen LogP contribution in [0.4, 0.5) is 0 Å². The Kier molecular flexibility index (Phi) is 7.23. The minimum absolute atomic E-state index is 0.0310. The fraction of sp³-hybridized carbons (Fsp3) is 0.588. The Morgan fingerprint density at radius 3 is 2.38 bits per heavy atom. The number of hydrogen-bond donors (Lipinski definition) is 2. The van der Waals surface area contributed by atoms with Crippen LogP contribution in [0.3, 0.4) is 0 Å². The quantitative estimate of drug-likeness (QED) is 0.725. The second kappa shape index (κ2) is 8.67. The monoisotopic (exact) mass is 293 g/mol. The fourth-order valence-corrected chi connectivity index (χ4v) is 1.92. The van der Waals surface area contributed by atoms with E-state index in [9.17, 15) is 4.79 Å². The minimum atomic E-state index is -0.215. The highest BCUT2D eigenvalue weighted by molar-refractivity contribution is 5.78. The van der Waals surface area contributed by atoms with Gasteiger partial charge in [-0.1, -0.05) is 12.1 Å². The maximum atomic E-state index is 11.8. The molecule has 0 aliphatic rings. The molecule has 0 atom stereocenters. The summed E-state index contributed by atoms with van der Waals surface area (Å²) in [6.45, 7) is 6.91. The Hall–Kier alpha value is -1.55. The molecule has 0 radical (unpaired) electrons. The molecule has 0 unspecified atom stereocenters. The van der Waals surface area contributed by atoms with Crippen molar-refractivity contribution in [3.8, 4) is 5.75 Å². The highest BCUT2D eigenvalue weighted by Crippen LogP contribution is 2.18. The standard InChI is InChI=1S/C17H27NO3/c1-17(2,3)21-15-9-7-14(8-10-15)13-16(20)18-11-5-4-6-12-19/h7-10,19H,4-6,11-13H2,1-3H3,(H,18,20). The van der Waals surface area contributed by atoms with Crippen LogP contribution in [0.5, 0.6) is 5.75 Å². The molecule has 0 saturated heterocycles. The summed E-state index contributed by atoms with van der Waals surface area (Å²) in [5.74, 6) is 0.846. The number of ether oxygens (including phenoxy) is 1. The molecular weight excluding hydrogens is 266 g/mol. The van der Waals surface area contributed by atoms with Gasteiger partial charge in [0.2, 0.25) is 5.91 Å². The van der Waals surface area contributed by atoms with E-state index < -0.39 is 0 Å². The Balaban J connectivity index is 2.33. The SMILES string of the molecule is CC(C)(C)Oc1ccc(CC(=O)NCCCCCO)cc1. The zero-order chi connectivity index (χ0) is 15.7. The van der Waals surface area contributed by atoms with Gasteiger partial charge < -0.3 is 15.2 Å². The first-order valence-electron chi connectivity index (χ1n) is 7.56. The molecule has 0 aliphatic carbocycles. The van der Waals surface area contributed by atoms with Crippen molar-refractivity contribution in [1.82, 2.24) is 5.32 Å². The van der Waals surface area contributed by atoms with Gasteiger partial charge in [-0.3, -0.25) is 4.79 Å². The molecule has 1 rings (SSSR count). The van der Waals surface area contributed by atoms with Crippen LogP contribution in [0.15, 0.2) is 24.3 Å². The molecule has 0 saturated carbocycles. The van der Waals surface area contributed by atoms with Crippen LogP contribution in [0.1, 0.15) is 45.6 Å². The number of benzene rings is 1. The zero-order valence-corrected chi connectivity index (χ0v) is 13.3. The van der Waals surface area contributed by atoms with Crippen LogP contribution in [-0.2, 0) is 11.2 Å². The van der Waals surface area contributed by atoms with Gasteiger partial charge in [-0.2, -0.15) is 0 Å². The summed E-state index contributed by atoms with van der Waals surface area (Å²) in [6.07, 6.45) is 3.03. The predicted octanol–water partition coefficient (Wildman–Crippen LogP) is 2.69. The first-order valence-corrected chi connectivity index (χ1v) is 7.56. The Morgan fingerprint density at radius 1 is 1.14 bits per heavy atom. The number of amides is 1. The van der Waals surface area contributed by atoms with Gasteiger partial charge in [-0.25, -0.2) is 0 Å². The molecule has 4 nitrogen and oxygen atoms in total. The third kappa shape index (κ3) is 8.35. The molecule has 0 aliphatic heterocycles. The molecule has 0 bridgehead atoms. The largest absolute Gasteiger partial charge is 0.488 e. The highest BCUT2D eigenvalue weighted by atomic mass is 16.5. The van der Waals surface area contributed by atoms with Gasteiger partial charge in [0, 0.05) is 13.2 Å². The Labute approximate surface area is 127 Å². The molecule has 1 amide bonds. The van der Waals surface area contributed by atoms with Gasteiger partial charge in [0.25, 0.3) is 0 Å². The van der Waals surface area contributed by atoms with Crippen LogP contribution in [-0.4, -0.2) is 29.8 Å². The van der Waals surface area contributed by atoms with Gasteiger partial charge in [-0.15, -0.1) is 0 Å². The number of carbonyl (C=O) groups excluding carboxylic acids is 1. The lowest BCUT2D eigenvalue weighted by Crippen LogP contribution is -2.26. The molecule has 2 N–H and O–H groups in total. The summed E-state index contributed by atoms with van der Waals surface area (Å²) < 4.78 is 5.74. The van der Waals surface area contributed by atoms with Crippen molar-refractivity contribution in [2.75, 3.05) is 13.2 Å². The van der Waals surface area contributed by atoms with Crippen molar-refractivity contribution in [2.24, 2.45) is 0 Å². The summed E-state index contributed by atoms with van der Waals surface area (Å²) in [7, 11) is 0. The molecular formula is C17H27NO3. The van der Waals surface area contributed by atoms with E-state index >= 15 is 0 Å². The van der Waals surface area contributed by atoms with Crippen molar-refractivity contribution in [3.63, 3.8) is 0 Å². The van der Waals surface area contributed by atoms with Gasteiger partial charge in [-0.05, 0) is 57.7 Å². The van der Waals surface area contributed by atoms with E-state index in [1.165, 1.54) is 0 Å². The van der Waals surface area contributed by atoms with Crippen molar-refractivity contribution < 1.29 is 14.6 Å². The van der Waals surface area contributed by atoms with E-state index in [2.05, 4.69) is 5.32 Å². The number of carbonyl (C=O) groups is 1. The summed E-state index contributed by atoms with van der Waals surface area (Å²) >= 11 is 0. The molecule has 0 heterocycles. The number of unbranched alkanes of at least 4 members (excludes halogenated alkanes) is 2. The average Bonchev–Trinajstić information content (AvgIpc) is 2.39. The average molecular weight is 293 g/mol. The van der Waals surface area contributed by atoms with Gasteiger partial charge >= 0.3 is 0 Å². The highest BCUT2D eigenvalue weighted by Gasteiger charge is 2.11. The number of aliphatic hydroxyl groups excluding tert-OH is 1. The molecule has 0 aromatic heterocycles. The van der Waals surface area contributed by atoms with Crippen molar-refractivity contribution in [1.29, 1.82) is 0 Å². The minimum Gasteiger partial charge on any atom is -0.488 e. The summed E-state index contributed by atoms with van der Waals surface area (Å²) in [5, 5.41) is 11.6. The number of rotatable bonds is 8. The first-order chi connectivity index (χ1) is 9.90. The number of aliphatic hydroxyl groups is 1. The summed E-state index contributed by atoms with van der Waals surface area (Å²) in [4.78, 5) is 11.8. The first kappa shape index (κ1) is 17.5. The van der Waals surface area contributed by atoms with Crippen LogP contribution in [0.2, 0.25) is 0 Å². The van der Waals surface area contributed by atoms with Crippen molar-refractivity contribution in [2.45, 2.75) is 52.1 Å². The van der Waals surface area contributed by atoms with Crippen molar-refractivity contribution in [3.05, 3.63) is 29.8 Å². The van der Waals surface area contributed by atoms with Crippen molar-refractivity contribution >= 4 is 5.91 Å². The molecule has 4 heteroatoms. The van der Waals surface area contributed by atoms with E-state index in [-0.39, 0.29) is 18.1 Å². The topological polar surface area (TPSA) is 58.6 Å². The maximum absolute atomic E-state index is 11.8.